The van der Waals surface area contributed by atoms with E-state index < -0.39 is 0 Å². The van der Waals surface area contributed by atoms with Crippen LogP contribution in [0, 0.1) is 0 Å². The summed E-state index contributed by atoms with van der Waals surface area (Å²) in [6.45, 7) is 4.90. The van der Waals surface area contributed by atoms with Gasteiger partial charge in [-0.2, -0.15) is 0 Å². The number of hydrogen-bond acceptors (Lipinski definition) is 4. The van der Waals surface area contributed by atoms with Gasteiger partial charge in [0.05, 0.1) is 24.1 Å². The average Bonchev–Trinajstić information content (AvgIpc) is 2.74. The Kier molecular flexibility index (Phi) is 3.14. The van der Waals surface area contributed by atoms with Crippen LogP contribution in [0.15, 0.2) is 18.2 Å². The number of para-hydroxylation sites is 1. The van der Waals surface area contributed by atoms with E-state index in [-0.39, 0.29) is 0 Å². The average molecular weight is 247 g/mol. The molecule has 18 heavy (non-hydrogen) atoms. The first-order valence-corrected chi connectivity index (χ1v) is 6.66. The minimum Gasteiger partial charge on any atom is -0.397 e. The van der Waals surface area contributed by atoms with Crippen molar-refractivity contribution in [2.24, 2.45) is 0 Å². The molecular weight excluding hydrogens is 226 g/mol. The van der Waals surface area contributed by atoms with Crippen molar-refractivity contribution in [3.8, 4) is 0 Å². The molecule has 0 saturated carbocycles. The smallest absolute Gasteiger partial charge is 0.0877 e. The van der Waals surface area contributed by atoms with E-state index in [1.165, 1.54) is 11.3 Å². The third-order valence-corrected chi connectivity index (χ3v) is 3.88. The highest BCUT2D eigenvalue weighted by molar-refractivity contribution is 5.74. The van der Waals surface area contributed by atoms with Crippen molar-refractivity contribution >= 4 is 11.4 Å². The van der Waals surface area contributed by atoms with Gasteiger partial charge in [-0.3, -0.25) is 0 Å². The van der Waals surface area contributed by atoms with Crippen LogP contribution in [0.25, 0.3) is 0 Å². The van der Waals surface area contributed by atoms with Gasteiger partial charge in [-0.15, -0.1) is 0 Å². The van der Waals surface area contributed by atoms with Crippen LogP contribution >= 0.6 is 0 Å². The van der Waals surface area contributed by atoms with Crippen molar-refractivity contribution in [2.45, 2.75) is 12.5 Å². The number of ether oxygens (including phenoxy) is 1. The summed E-state index contributed by atoms with van der Waals surface area (Å²) in [6.07, 6.45) is 1.40. The van der Waals surface area contributed by atoms with E-state index in [0.717, 1.165) is 44.9 Å². The molecule has 3 rings (SSSR count). The van der Waals surface area contributed by atoms with Crippen LogP contribution in [0.5, 0.6) is 0 Å². The maximum atomic E-state index is 6.10. The van der Waals surface area contributed by atoms with Gasteiger partial charge in [-0.1, -0.05) is 12.1 Å². The summed E-state index contributed by atoms with van der Waals surface area (Å²) in [4.78, 5) is 4.72. The Bertz CT molecular complexity index is 435. The lowest BCUT2D eigenvalue weighted by molar-refractivity contribution is -0.0145. The molecule has 2 heterocycles. The number of hydrogen-bond donors (Lipinski definition) is 1. The highest BCUT2D eigenvalue weighted by atomic mass is 16.5. The molecule has 1 aromatic carbocycles. The lowest BCUT2D eigenvalue weighted by Gasteiger charge is -2.33. The SMILES string of the molecule is CN1CCOC(CN2CCc3cccc(N)c32)C1. The number of rotatable bonds is 2. The normalized spacial score (nSPS) is 24.3. The zero-order chi connectivity index (χ0) is 12.5. The summed E-state index contributed by atoms with van der Waals surface area (Å²) in [5.41, 5.74) is 9.60. The van der Waals surface area contributed by atoms with E-state index in [1.54, 1.807) is 0 Å². The van der Waals surface area contributed by atoms with Crippen LogP contribution in [-0.4, -0.2) is 50.8 Å². The number of nitrogens with two attached hydrogens (primary N) is 1. The predicted molar refractivity (Wildman–Crippen MR) is 74.0 cm³/mol. The molecule has 2 aliphatic rings. The summed E-state index contributed by atoms with van der Waals surface area (Å²) in [5, 5.41) is 0. The molecule has 0 radical (unpaired) electrons. The Morgan fingerprint density at radius 1 is 1.39 bits per heavy atom. The summed E-state index contributed by atoms with van der Waals surface area (Å²) in [7, 11) is 2.15. The molecule has 0 amide bonds. The van der Waals surface area contributed by atoms with Crippen LogP contribution < -0.4 is 10.6 Å². The Labute approximate surface area is 108 Å². The van der Waals surface area contributed by atoms with Crippen LogP contribution in [0.2, 0.25) is 0 Å². The van der Waals surface area contributed by atoms with Gasteiger partial charge in [0.25, 0.3) is 0 Å². The predicted octanol–water partition coefficient (Wildman–Crippen LogP) is 0.962. The zero-order valence-electron chi connectivity index (χ0n) is 10.9. The summed E-state index contributed by atoms with van der Waals surface area (Å²) in [5.74, 6) is 0. The molecule has 1 atom stereocenters. The fourth-order valence-corrected chi connectivity index (χ4v) is 2.97. The highest BCUT2D eigenvalue weighted by Crippen LogP contribution is 2.33. The Balaban J connectivity index is 1.72. The van der Waals surface area contributed by atoms with Gasteiger partial charge in [0.2, 0.25) is 0 Å². The molecule has 1 saturated heterocycles. The van der Waals surface area contributed by atoms with Crippen molar-refractivity contribution in [3.05, 3.63) is 23.8 Å². The Morgan fingerprint density at radius 3 is 3.11 bits per heavy atom. The fraction of sp³-hybridized carbons (Fsp3) is 0.571. The van der Waals surface area contributed by atoms with Crippen LogP contribution in [0.1, 0.15) is 5.56 Å². The molecule has 0 bridgehead atoms. The van der Waals surface area contributed by atoms with Gasteiger partial charge < -0.3 is 20.3 Å². The van der Waals surface area contributed by atoms with Crippen LogP contribution in [-0.2, 0) is 11.2 Å². The maximum absolute atomic E-state index is 6.10. The Morgan fingerprint density at radius 2 is 2.28 bits per heavy atom. The topological polar surface area (TPSA) is 41.7 Å². The van der Waals surface area contributed by atoms with Crippen LogP contribution in [0.4, 0.5) is 11.4 Å². The summed E-state index contributed by atoms with van der Waals surface area (Å²) in [6, 6.07) is 6.22. The number of nitrogen functional groups attached to an aromatic ring is 1. The molecule has 1 aromatic rings. The number of anilines is 2. The lowest BCUT2D eigenvalue weighted by Crippen LogP contribution is -2.45. The van der Waals surface area contributed by atoms with Gasteiger partial charge in [0.15, 0.2) is 0 Å². The molecular formula is C14H21N3O. The second-order valence-corrected chi connectivity index (χ2v) is 5.31. The van der Waals surface area contributed by atoms with Crippen molar-refractivity contribution in [1.29, 1.82) is 0 Å². The molecule has 98 valence electrons. The molecule has 1 fully saturated rings. The minimum absolute atomic E-state index is 0.300. The second kappa shape index (κ2) is 4.78. The minimum atomic E-state index is 0.300. The van der Waals surface area contributed by atoms with E-state index in [9.17, 15) is 0 Å². The first-order chi connectivity index (χ1) is 8.74. The molecule has 2 N–H and O–H groups in total. The lowest BCUT2D eigenvalue weighted by atomic mass is 10.1. The fourth-order valence-electron chi connectivity index (χ4n) is 2.97. The van der Waals surface area contributed by atoms with E-state index in [4.69, 9.17) is 10.5 Å². The van der Waals surface area contributed by atoms with Crippen molar-refractivity contribution < 1.29 is 4.74 Å². The van der Waals surface area contributed by atoms with Gasteiger partial charge in [-0.05, 0) is 25.1 Å². The largest absolute Gasteiger partial charge is 0.397 e. The molecule has 0 aliphatic carbocycles. The Hall–Kier alpha value is -1.26. The molecule has 2 aliphatic heterocycles. The molecule has 1 unspecified atom stereocenters. The van der Waals surface area contributed by atoms with Gasteiger partial charge in [0.1, 0.15) is 0 Å². The van der Waals surface area contributed by atoms with Gasteiger partial charge >= 0.3 is 0 Å². The van der Waals surface area contributed by atoms with E-state index in [2.05, 4.69) is 22.9 Å². The summed E-state index contributed by atoms with van der Waals surface area (Å²) >= 11 is 0. The second-order valence-electron chi connectivity index (χ2n) is 5.31. The number of likely N-dealkylation sites (N-methyl/N-ethyl adjacent to an activating group) is 1. The quantitative estimate of drug-likeness (QED) is 0.791. The third-order valence-electron chi connectivity index (χ3n) is 3.88. The number of benzene rings is 1. The van der Waals surface area contributed by atoms with Gasteiger partial charge in [-0.25, -0.2) is 0 Å². The molecule has 4 nitrogen and oxygen atoms in total. The first-order valence-electron chi connectivity index (χ1n) is 6.66. The van der Waals surface area contributed by atoms with E-state index >= 15 is 0 Å². The maximum Gasteiger partial charge on any atom is 0.0877 e. The monoisotopic (exact) mass is 247 g/mol. The number of nitrogens with zero attached hydrogens (tertiary/aromatic N) is 2. The van der Waals surface area contributed by atoms with Crippen LogP contribution in [0.3, 0.4) is 0 Å². The van der Waals surface area contributed by atoms with E-state index in [0.29, 0.717) is 6.10 Å². The molecule has 0 spiro atoms. The van der Waals surface area contributed by atoms with Crippen molar-refractivity contribution in [3.63, 3.8) is 0 Å². The molecule has 0 aromatic heterocycles. The van der Waals surface area contributed by atoms with E-state index in [1.807, 2.05) is 12.1 Å². The first kappa shape index (κ1) is 11.8. The number of fused-ring (bicyclic) bond motifs is 1. The van der Waals surface area contributed by atoms with Crippen molar-refractivity contribution in [1.82, 2.24) is 4.90 Å². The van der Waals surface area contributed by atoms with Crippen molar-refractivity contribution in [2.75, 3.05) is 50.5 Å². The summed E-state index contributed by atoms with van der Waals surface area (Å²) < 4.78 is 5.84. The third kappa shape index (κ3) is 2.18. The van der Waals surface area contributed by atoms with Gasteiger partial charge in [0, 0.05) is 26.2 Å². The standard InChI is InChI=1S/C14H21N3O/c1-16-7-8-18-12(9-16)10-17-6-5-11-3-2-4-13(15)14(11)17/h2-4,12H,5-10,15H2,1H3. The number of morpholine rings is 1. The zero-order valence-corrected chi connectivity index (χ0v) is 10.9. The molecule has 4 heteroatoms. The highest BCUT2D eigenvalue weighted by Gasteiger charge is 2.26.